The van der Waals surface area contributed by atoms with Gasteiger partial charge in [-0.1, -0.05) is 46.6 Å². The topological polar surface area (TPSA) is 21.3 Å². The molecule has 4 heteroatoms. The van der Waals surface area contributed by atoms with Crippen LogP contribution in [0.5, 0.6) is 11.5 Å². The predicted octanol–water partition coefficient (Wildman–Crippen LogP) is 5.57. The first-order valence-electron chi connectivity index (χ1n) is 6.56. The Hall–Kier alpha value is -1.03. The second kappa shape index (κ2) is 7.11. The van der Waals surface area contributed by atoms with E-state index in [1.54, 1.807) is 0 Å². The van der Waals surface area contributed by atoms with E-state index in [1.807, 2.05) is 30.3 Å². The number of benzene rings is 2. The summed E-state index contributed by atoms with van der Waals surface area (Å²) in [6.45, 7) is 5.20. The van der Waals surface area contributed by atoms with Crippen LogP contribution in [-0.4, -0.2) is 6.54 Å². The van der Waals surface area contributed by atoms with Crippen molar-refractivity contribution in [2.24, 2.45) is 0 Å². The summed E-state index contributed by atoms with van der Waals surface area (Å²) in [6, 6.07) is 14.0. The van der Waals surface area contributed by atoms with Gasteiger partial charge in [0, 0.05) is 10.5 Å². The van der Waals surface area contributed by atoms with Crippen LogP contribution in [0.15, 0.2) is 46.9 Å². The second-order valence-corrected chi connectivity index (χ2v) is 5.85. The number of hydrogen-bond acceptors (Lipinski definition) is 2. The van der Waals surface area contributed by atoms with Crippen LogP contribution in [0.4, 0.5) is 0 Å². The van der Waals surface area contributed by atoms with Gasteiger partial charge in [-0.2, -0.15) is 0 Å². The Balaban J connectivity index is 2.10. The van der Waals surface area contributed by atoms with Gasteiger partial charge in [0.05, 0.1) is 5.02 Å². The molecule has 0 radical (unpaired) electrons. The first-order valence-corrected chi connectivity index (χ1v) is 7.73. The molecule has 0 aliphatic carbocycles. The van der Waals surface area contributed by atoms with E-state index in [4.69, 9.17) is 16.3 Å². The van der Waals surface area contributed by atoms with Gasteiger partial charge in [-0.25, -0.2) is 0 Å². The van der Waals surface area contributed by atoms with E-state index in [0.29, 0.717) is 16.8 Å². The predicted molar refractivity (Wildman–Crippen MR) is 87.8 cm³/mol. The summed E-state index contributed by atoms with van der Waals surface area (Å²) in [5, 5.41) is 3.97. The van der Waals surface area contributed by atoms with Gasteiger partial charge in [-0.15, -0.1) is 0 Å². The van der Waals surface area contributed by atoms with E-state index < -0.39 is 0 Å². The van der Waals surface area contributed by atoms with Gasteiger partial charge in [0.25, 0.3) is 0 Å². The smallest absolute Gasteiger partial charge is 0.146 e. The van der Waals surface area contributed by atoms with Crippen molar-refractivity contribution in [3.63, 3.8) is 0 Å². The number of nitrogens with one attached hydrogen (secondary N) is 1. The highest BCUT2D eigenvalue weighted by atomic mass is 79.9. The van der Waals surface area contributed by atoms with Gasteiger partial charge in [0.15, 0.2) is 0 Å². The Morgan fingerprint density at radius 3 is 2.50 bits per heavy atom. The molecule has 2 aromatic rings. The highest BCUT2D eigenvalue weighted by molar-refractivity contribution is 9.10. The molecule has 0 heterocycles. The summed E-state index contributed by atoms with van der Waals surface area (Å²) in [6.07, 6.45) is 0. The second-order valence-electron chi connectivity index (χ2n) is 4.53. The maximum absolute atomic E-state index is 6.14. The van der Waals surface area contributed by atoms with Crippen LogP contribution in [0.25, 0.3) is 0 Å². The maximum Gasteiger partial charge on any atom is 0.146 e. The minimum Gasteiger partial charge on any atom is -0.456 e. The average molecular weight is 355 g/mol. The van der Waals surface area contributed by atoms with Crippen molar-refractivity contribution in [2.45, 2.75) is 19.9 Å². The zero-order valence-electron chi connectivity index (χ0n) is 11.5. The fraction of sp³-hybridized carbons (Fsp3) is 0.250. The lowest BCUT2D eigenvalue weighted by molar-refractivity contribution is 0.482. The van der Waals surface area contributed by atoms with Gasteiger partial charge in [-0.05, 0) is 49.4 Å². The minimum absolute atomic E-state index is 0.338. The highest BCUT2D eigenvalue weighted by Crippen LogP contribution is 2.32. The zero-order valence-corrected chi connectivity index (χ0v) is 13.8. The SMILES string of the molecule is CCNC(C)c1ccc(Oc2ccc(Br)cc2Cl)cc1. The molecular weight excluding hydrogens is 338 g/mol. The van der Waals surface area contributed by atoms with Gasteiger partial charge in [0.2, 0.25) is 0 Å². The molecule has 1 atom stereocenters. The molecule has 0 spiro atoms. The normalized spacial score (nSPS) is 12.2. The van der Waals surface area contributed by atoms with Crippen LogP contribution < -0.4 is 10.1 Å². The Kier molecular flexibility index (Phi) is 5.46. The van der Waals surface area contributed by atoms with Gasteiger partial charge >= 0.3 is 0 Å². The van der Waals surface area contributed by atoms with E-state index >= 15 is 0 Å². The molecule has 0 bridgehead atoms. The molecule has 2 nitrogen and oxygen atoms in total. The molecule has 106 valence electrons. The van der Waals surface area contributed by atoms with Crippen LogP contribution in [0, 0.1) is 0 Å². The van der Waals surface area contributed by atoms with Crippen molar-refractivity contribution in [1.82, 2.24) is 5.32 Å². The molecule has 2 rings (SSSR count). The maximum atomic E-state index is 6.14. The van der Waals surface area contributed by atoms with Gasteiger partial charge in [0.1, 0.15) is 11.5 Å². The first-order chi connectivity index (χ1) is 9.60. The molecule has 1 unspecified atom stereocenters. The van der Waals surface area contributed by atoms with E-state index in [-0.39, 0.29) is 0 Å². The van der Waals surface area contributed by atoms with Crippen LogP contribution in [-0.2, 0) is 0 Å². The molecule has 0 aliphatic rings. The van der Waals surface area contributed by atoms with Crippen LogP contribution >= 0.6 is 27.5 Å². The summed E-state index contributed by atoms with van der Waals surface area (Å²) in [4.78, 5) is 0. The summed E-state index contributed by atoms with van der Waals surface area (Å²) >= 11 is 9.51. The van der Waals surface area contributed by atoms with Crippen molar-refractivity contribution in [1.29, 1.82) is 0 Å². The first kappa shape index (κ1) is 15.4. The Morgan fingerprint density at radius 2 is 1.90 bits per heavy atom. The van der Waals surface area contributed by atoms with E-state index in [1.165, 1.54) is 5.56 Å². The number of halogens is 2. The summed E-state index contributed by atoms with van der Waals surface area (Å²) in [5.41, 5.74) is 1.24. The number of rotatable bonds is 5. The lowest BCUT2D eigenvalue weighted by Gasteiger charge is -2.13. The van der Waals surface area contributed by atoms with E-state index in [0.717, 1.165) is 16.8 Å². The quantitative estimate of drug-likeness (QED) is 0.758. The third kappa shape index (κ3) is 3.98. The largest absolute Gasteiger partial charge is 0.456 e. The number of ether oxygens (including phenoxy) is 1. The van der Waals surface area contributed by atoms with Crippen molar-refractivity contribution in [2.75, 3.05) is 6.54 Å². The lowest BCUT2D eigenvalue weighted by atomic mass is 10.1. The Labute approximate surface area is 133 Å². The molecule has 0 aromatic heterocycles. The molecule has 0 saturated carbocycles. The van der Waals surface area contributed by atoms with E-state index in [2.05, 4.69) is 47.2 Å². The fourth-order valence-corrected chi connectivity index (χ4v) is 2.65. The molecule has 0 saturated heterocycles. The van der Waals surface area contributed by atoms with Crippen molar-refractivity contribution in [3.05, 3.63) is 57.5 Å². The standard InChI is InChI=1S/C16H17BrClNO/c1-3-19-11(2)12-4-7-14(8-5-12)20-16-9-6-13(17)10-15(16)18/h4-11,19H,3H2,1-2H3. The van der Waals surface area contributed by atoms with Gasteiger partial charge in [-0.3, -0.25) is 0 Å². The van der Waals surface area contributed by atoms with Gasteiger partial charge < -0.3 is 10.1 Å². The molecule has 20 heavy (non-hydrogen) atoms. The van der Waals surface area contributed by atoms with Crippen molar-refractivity contribution < 1.29 is 4.74 Å². The Morgan fingerprint density at radius 1 is 1.20 bits per heavy atom. The third-order valence-electron chi connectivity index (χ3n) is 3.01. The lowest BCUT2D eigenvalue weighted by Crippen LogP contribution is -2.17. The number of hydrogen-bond donors (Lipinski definition) is 1. The van der Waals surface area contributed by atoms with Crippen molar-refractivity contribution >= 4 is 27.5 Å². The summed E-state index contributed by atoms with van der Waals surface area (Å²) in [7, 11) is 0. The highest BCUT2D eigenvalue weighted by Gasteiger charge is 2.06. The molecule has 1 N–H and O–H groups in total. The van der Waals surface area contributed by atoms with Crippen LogP contribution in [0.1, 0.15) is 25.5 Å². The minimum atomic E-state index is 0.338. The fourth-order valence-electron chi connectivity index (χ4n) is 1.93. The summed E-state index contributed by atoms with van der Waals surface area (Å²) in [5.74, 6) is 1.43. The zero-order chi connectivity index (χ0) is 14.5. The molecule has 0 fully saturated rings. The molecular formula is C16H17BrClNO. The average Bonchev–Trinajstić information content (AvgIpc) is 2.43. The van der Waals surface area contributed by atoms with Crippen molar-refractivity contribution in [3.8, 4) is 11.5 Å². The van der Waals surface area contributed by atoms with Crippen LogP contribution in [0.3, 0.4) is 0 Å². The molecule has 0 amide bonds. The molecule has 2 aromatic carbocycles. The Bertz CT molecular complexity index is 571. The summed E-state index contributed by atoms with van der Waals surface area (Å²) < 4.78 is 6.72. The third-order valence-corrected chi connectivity index (χ3v) is 3.80. The molecule has 0 aliphatic heterocycles. The van der Waals surface area contributed by atoms with Crippen LogP contribution in [0.2, 0.25) is 5.02 Å². The van der Waals surface area contributed by atoms with E-state index in [9.17, 15) is 0 Å². The monoisotopic (exact) mass is 353 g/mol.